The highest BCUT2D eigenvalue weighted by Gasteiger charge is 2.15. The number of carbonyl (C=O) groups is 2. The van der Waals surface area contributed by atoms with Crippen LogP contribution >= 0.6 is 11.6 Å². The first-order valence-corrected chi connectivity index (χ1v) is 13.3. The average molecular weight is 571 g/mol. The second kappa shape index (κ2) is 12.5. The number of carbonyl (C=O) groups excluding carboxylic acids is 2. The van der Waals surface area contributed by atoms with Crippen molar-refractivity contribution in [2.75, 3.05) is 18.5 Å². The fourth-order valence-electron chi connectivity index (χ4n) is 4.24. The quantitative estimate of drug-likeness (QED) is 0.133. The van der Waals surface area contributed by atoms with Gasteiger partial charge in [0.05, 0.1) is 23.7 Å². The van der Waals surface area contributed by atoms with Gasteiger partial charge in [0.2, 0.25) is 0 Å². The number of esters is 1. The number of hydrogen-bond acceptors (Lipinski definition) is 8. The number of ether oxygens (including phenoxy) is 3. The molecule has 0 amide bonds. The highest BCUT2D eigenvalue weighted by atomic mass is 35.5. The molecule has 9 nitrogen and oxygen atoms in total. The minimum absolute atomic E-state index is 0.0462. The standard InChI is InChI=1S/C31H27ClN4O5/c1-3-39-31(38)24-9-4-5-10-27(24)40-16-15-36-14-13-26-29(36)30(34-19-33-26)35-22-11-12-28(25(32)18-22)41-23-8-6-7-21(17-23)20(2)37/h4-14,17-19H,3,15-16H2,1-2H3,(H,33,34,35). The summed E-state index contributed by atoms with van der Waals surface area (Å²) in [5.74, 6) is 1.55. The first-order chi connectivity index (χ1) is 19.9. The molecule has 0 saturated heterocycles. The largest absolute Gasteiger partial charge is 0.491 e. The maximum atomic E-state index is 12.3. The van der Waals surface area contributed by atoms with Crippen LogP contribution in [0, 0.1) is 0 Å². The number of aromatic nitrogens is 3. The Bertz CT molecular complexity index is 1720. The zero-order valence-corrected chi connectivity index (χ0v) is 23.2. The molecule has 0 radical (unpaired) electrons. The van der Waals surface area contributed by atoms with E-state index in [1.54, 1.807) is 61.5 Å². The molecule has 0 bridgehead atoms. The Morgan fingerprint density at radius 3 is 2.63 bits per heavy atom. The molecule has 0 unspecified atom stereocenters. The zero-order valence-electron chi connectivity index (χ0n) is 22.5. The van der Waals surface area contributed by atoms with Crippen LogP contribution in [-0.2, 0) is 11.3 Å². The molecule has 2 aromatic heterocycles. The second-order valence-electron chi connectivity index (χ2n) is 8.99. The summed E-state index contributed by atoms with van der Waals surface area (Å²) in [5, 5.41) is 3.70. The minimum atomic E-state index is -0.422. The van der Waals surface area contributed by atoms with E-state index in [2.05, 4.69) is 15.3 Å². The molecular weight excluding hydrogens is 544 g/mol. The van der Waals surface area contributed by atoms with E-state index in [0.29, 0.717) is 58.1 Å². The van der Waals surface area contributed by atoms with Crippen LogP contribution in [0.2, 0.25) is 5.02 Å². The minimum Gasteiger partial charge on any atom is -0.491 e. The zero-order chi connectivity index (χ0) is 28.8. The van der Waals surface area contributed by atoms with Gasteiger partial charge in [0, 0.05) is 17.4 Å². The Labute approximate surface area is 241 Å². The monoisotopic (exact) mass is 570 g/mol. The van der Waals surface area contributed by atoms with Crippen LogP contribution in [-0.4, -0.2) is 39.5 Å². The van der Waals surface area contributed by atoms with Crippen LogP contribution in [0.4, 0.5) is 11.5 Å². The number of benzene rings is 3. The predicted octanol–water partition coefficient (Wildman–Crippen LogP) is 7.08. The third-order valence-electron chi connectivity index (χ3n) is 6.19. The third kappa shape index (κ3) is 6.47. The van der Waals surface area contributed by atoms with Crippen LogP contribution in [0.25, 0.3) is 11.0 Å². The van der Waals surface area contributed by atoms with Crippen LogP contribution in [0.15, 0.2) is 85.3 Å². The van der Waals surface area contributed by atoms with Crippen molar-refractivity contribution < 1.29 is 23.8 Å². The molecule has 5 rings (SSSR count). The van der Waals surface area contributed by atoms with Crippen LogP contribution < -0.4 is 14.8 Å². The highest BCUT2D eigenvalue weighted by Crippen LogP contribution is 2.34. The molecule has 41 heavy (non-hydrogen) atoms. The number of rotatable bonds is 11. The molecule has 208 valence electrons. The van der Waals surface area contributed by atoms with Crippen LogP contribution in [0.3, 0.4) is 0 Å². The molecule has 2 heterocycles. The fraction of sp³-hybridized carbons (Fsp3) is 0.161. The summed E-state index contributed by atoms with van der Waals surface area (Å²) in [4.78, 5) is 32.8. The van der Waals surface area contributed by atoms with Gasteiger partial charge in [-0.05, 0) is 62.4 Å². The molecule has 10 heteroatoms. The van der Waals surface area contributed by atoms with Gasteiger partial charge < -0.3 is 24.1 Å². The average Bonchev–Trinajstić information content (AvgIpc) is 3.39. The number of anilines is 2. The highest BCUT2D eigenvalue weighted by molar-refractivity contribution is 6.32. The van der Waals surface area contributed by atoms with Gasteiger partial charge in [0.25, 0.3) is 0 Å². The summed E-state index contributed by atoms with van der Waals surface area (Å²) in [6.45, 7) is 4.34. The van der Waals surface area contributed by atoms with Crippen LogP contribution in [0.5, 0.6) is 17.2 Å². The number of Topliss-reactive ketones (excluding diaryl/α,β-unsaturated/α-hetero) is 1. The molecule has 0 saturated carbocycles. The second-order valence-corrected chi connectivity index (χ2v) is 9.39. The fourth-order valence-corrected chi connectivity index (χ4v) is 4.46. The summed E-state index contributed by atoms with van der Waals surface area (Å²) < 4.78 is 19.0. The van der Waals surface area contributed by atoms with E-state index in [9.17, 15) is 9.59 Å². The van der Waals surface area contributed by atoms with Crippen molar-refractivity contribution >= 4 is 45.9 Å². The lowest BCUT2D eigenvalue weighted by atomic mass is 10.1. The summed E-state index contributed by atoms with van der Waals surface area (Å²) in [6.07, 6.45) is 3.40. The van der Waals surface area contributed by atoms with Gasteiger partial charge in [-0.1, -0.05) is 35.9 Å². The summed E-state index contributed by atoms with van der Waals surface area (Å²) in [7, 11) is 0. The Balaban J connectivity index is 1.31. The molecule has 5 aromatic rings. The van der Waals surface area contributed by atoms with Crippen molar-refractivity contribution in [3.05, 3.63) is 101 Å². The van der Waals surface area contributed by atoms with Gasteiger partial charge in [-0.3, -0.25) is 4.79 Å². The van der Waals surface area contributed by atoms with Crippen LogP contribution in [0.1, 0.15) is 34.6 Å². The summed E-state index contributed by atoms with van der Waals surface area (Å²) >= 11 is 6.54. The van der Waals surface area contributed by atoms with E-state index in [-0.39, 0.29) is 12.4 Å². The first kappa shape index (κ1) is 27.7. The molecule has 0 atom stereocenters. The number of ketones is 1. The van der Waals surface area contributed by atoms with Gasteiger partial charge >= 0.3 is 5.97 Å². The lowest BCUT2D eigenvalue weighted by Gasteiger charge is -2.14. The van der Waals surface area contributed by atoms with Crippen molar-refractivity contribution in [2.24, 2.45) is 0 Å². The number of nitrogens with zero attached hydrogens (tertiary/aromatic N) is 3. The van der Waals surface area contributed by atoms with Crippen molar-refractivity contribution in [2.45, 2.75) is 20.4 Å². The number of halogens is 1. The smallest absolute Gasteiger partial charge is 0.341 e. The molecule has 3 aromatic carbocycles. The third-order valence-corrected chi connectivity index (χ3v) is 6.48. The van der Waals surface area contributed by atoms with Gasteiger partial charge in [-0.15, -0.1) is 0 Å². The van der Waals surface area contributed by atoms with Gasteiger partial charge in [-0.25, -0.2) is 14.8 Å². The van der Waals surface area contributed by atoms with Gasteiger partial charge in [0.15, 0.2) is 11.6 Å². The molecule has 0 aliphatic heterocycles. The van der Waals surface area contributed by atoms with Crippen molar-refractivity contribution in [1.82, 2.24) is 14.5 Å². The lowest BCUT2D eigenvalue weighted by Crippen LogP contribution is -2.12. The predicted molar refractivity (Wildman–Crippen MR) is 157 cm³/mol. The Hall–Kier alpha value is -4.89. The van der Waals surface area contributed by atoms with E-state index in [1.165, 1.54) is 13.3 Å². The number of hydrogen-bond donors (Lipinski definition) is 1. The van der Waals surface area contributed by atoms with Crippen molar-refractivity contribution in [1.29, 1.82) is 0 Å². The van der Waals surface area contributed by atoms with Crippen molar-refractivity contribution in [3.8, 4) is 17.2 Å². The Morgan fingerprint density at radius 2 is 1.83 bits per heavy atom. The van der Waals surface area contributed by atoms with E-state index in [4.69, 9.17) is 25.8 Å². The van der Waals surface area contributed by atoms with E-state index < -0.39 is 5.97 Å². The molecule has 0 spiro atoms. The number of para-hydroxylation sites is 1. The lowest BCUT2D eigenvalue weighted by molar-refractivity contribution is 0.0521. The summed E-state index contributed by atoms with van der Waals surface area (Å²) in [6, 6.07) is 21.1. The summed E-state index contributed by atoms with van der Waals surface area (Å²) in [5.41, 5.74) is 3.18. The molecule has 1 N–H and O–H groups in total. The maximum Gasteiger partial charge on any atom is 0.341 e. The molecule has 0 aliphatic rings. The number of fused-ring (bicyclic) bond motifs is 1. The molecule has 0 fully saturated rings. The Morgan fingerprint density at radius 1 is 0.976 bits per heavy atom. The van der Waals surface area contributed by atoms with E-state index in [1.807, 2.05) is 29.0 Å². The number of nitrogens with one attached hydrogen (secondary N) is 1. The van der Waals surface area contributed by atoms with Crippen molar-refractivity contribution in [3.63, 3.8) is 0 Å². The molecular formula is C31H27ClN4O5. The van der Waals surface area contributed by atoms with Gasteiger partial charge in [-0.2, -0.15) is 0 Å². The normalized spacial score (nSPS) is 10.8. The van der Waals surface area contributed by atoms with E-state index >= 15 is 0 Å². The van der Waals surface area contributed by atoms with E-state index in [0.717, 1.165) is 11.0 Å². The first-order valence-electron chi connectivity index (χ1n) is 13.0. The molecule has 0 aliphatic carbocycles. The Kier molecular flexibility index (Phi) is 8.45. The van der Waals surface area contributed by atoms with Gasteiger partial charge in [0.1, 0.15) is 41.3 Å². The topological polar surface area (TPSA) is 105 Å². The maximum absolute atomic E-state index is 12.3. The SMILES string of the molecule is CCOC(=O)c1ccccc1OCCn1ccc2ncnc(Nc3ccc(Oc4cccc(C(C)=O)c4)c(Cl)c3)c21.